The molecule has 0 saturated carbocycles. The molecule has 1 aromatic heterocycles. The molecule has 0 amide bonds. The van der Waals surface area contributed by atoms with Gasteiger partial charge in [-0.15, -0.1) is 10.2 Å². The van der Waals surface area contributed by atoms with Crippen molar-refractivity contribution in [2.75, 3.05) is 0 Å². The molecule has 6 heteroatoms. The normalized spacial score (nSPS) is 10.9. The van der Waals surface area contributed by atoms with Gasteiger partial charge >= 0.3 is 0 Å². The zero-order valence-electron chi connectivity index (χ0n) is 11.8. The lowest BCUT2D eigenvalue weighted by atomic mass is 10.2. The van der Waals surface area contributed by atoms with Crippen LogP contribution in [-0.2, 0) is 12.8 Å². The SMILES string of the molecule is Cn1c(SCc2cccc(F)c2)nnc1-c1ccc(F)cc1. The van der Waals surface area contributed by atoms with Crippen LogP contribution in [0.2, 0.25) is 0 Å². The molecule has 2 aromatic carbocycles. The van der Waals surface area contributed by atoms with Gasteiger partial charge in [-0.2, -0.15) is 0 Å². The Kier molecular flexibility index (Phi) is 4.20. The fraction of sp³-hybridized carbons (Fsp3) is 0.125. The number of rotatable bonds is 4. The number of hydrogen-bond acceptors (Lipinski definition) is 3. The number of hydrogen-bond donors (Lipinski definition) is 0. The van der Waals surface area contributed by atoms with E-state index in [9.17, 15) is 8.78 Å². The first-order valence-corrected chi connectivity index (χ1v) is 7.64. The number of benzene rings is 2. The molecule has 1 heterocycles. The summed E-state index contributed by atoms with van der Waals surface area (Å²) in [5.41, 5.74) is 1.69. The fourth-order valence-electron chi connectivity index (χ4n) is 2.07. The standard InChI is InChI=1S/C16H13F2N3S/c1-21-15(12-5-7-13(17)8-6-12)19-20-16(21)22-10-11-3-2-4-14(18)9-11/h2-9H,10H2,1H3. The summed E-state index contributed by atoms with van der Waals surface area (Å²) in [6.45, 7) is 0. The summed E-state index contributed by atoms with van der Waals surface area (Å²) >= 11 is 1.48. The second-order valence-corrected chi connectivity index (χ2v) is 5.73. The Morgan fingerprint density at radius 1 is 1.00 bits per heavy atom. The fourth-order valence-corrected chi connectivity index (χ4v) is 2.92. The van der Waals surface area contributed by atoms with Gasteiger partial charge in [0.25, 0.3) is 0 Å². The molecule has 0 spiro atoms. The maximum Gasteiger partial charge on any atom is 0.191 e. The summed E-state index contributed by atoms with van der Waals surface area (Å²) in [7, 11) is 1.85. The van der Waals surface area contributed by atoms with Gasteiger partial charge in [-0.1, -0.05) is 23.9 Å². The average molecular weight is 317 g/mol. The van der Waals surface area contributed by atoms with Crippen molar-refractivity contribution >= 4 is 11.8 Å². The van der Waals surface area contributed by atoms with Crippen molar-refractivity contribution in [3.05, 3.63) is 65.7 Å². The van der Waals surface area contributed by atoms with Crippen molar-refractivity contribution < 1.29 is 8.78 Å². The van der Waals surface area contributed by atoms with Gasteiger partial charge in [0.1, 0.15) is 11.6 Å². The third kappa shape index (κ3) is 3.17. The Labute approximate surface area is 131 Å². The van der Waals surface area contributed by atoms with Gasteiger partial charge in [-0.05, 0) is 42.0 Å². The van der Waals surface area contributed by atoms with E-state index in [4.69, 9.17) is 0 Å². The monoisotopic (exact) mass is 317 g/mol. The van der Waals surface area contributed by atoms with E-state index in [1.54, 1.807) is 18.2 Å². The number of thioether (sulfide) groups is 1. The predicted octanol–water partition coefficient (Wildman–Crippen LogP) is 4.05. The third-order valence-electron chi connectivity index (χ3n) is 3.19. The second kappa shape index (κ2) is 6.27. The van der Waals surface area contributed by atoms with Crippen LogP contribution < -0.4 is 0 Å². The highest BCUT2D eigenvalue weighted by Gasteiger charge is 2.11. The first-order chi connectivity index (χ1) is 10.6. The molecule has 0 atom stereocenters. The lowest BCUT2D eigenvalue weighted by Crippen LogP contribution is -1.95. The highest BCUT2D eigenvalue weighted by molar-refractivity contribution is 7.98. The van der Waals surface area contributed by atoms with Gasteiger partial charge < -0.3 is 4.57 Å². The Balaban J connectivity index is 1.77. The number of halogens is 2. The Morgan fingerprint density at radius 3 is 2.50 bits per heavy atom. The zero-order valence-corrected chi connectivity index (χ0v) is 12.6. The Morgan fingerprint density at radius 2 is 1.77 bits per heavy atom. The quantitative estimate of drug-likeness (QED) is 0.680. The molecule has 3 aromatic rings. The summed E-state index contributed by atoms with van der Waals surface area (Å²) in [5.74, 6) is 0.740. The second-order valence-electron chi connectivity index (χ2n) is 4.79. The van der Waals surface area contributed by atoms with Gasteiger partial charge in [0.15, 0.2) is 11.0 Å². The molecule has 22 heavy (non-hydrogen) atoms. The van der Waals surface area contributed by atoms with Crippen molar-refractivity contribution in [2.45, 2.75) is 10.9 Å². The number of aromatic nitrogens is 3. The van der Waals surface area contributed by atoms with Crippen LogP contribution in [0.1, 0.15) is 5.56 Å². The van der Waals surface area contributed by atoms with Crippen LogP contribution in [0.5, 0.6) is 0 Å². The maximum absolute atomic E-state index is 13.2. The lowest BCUT2D eigenvalue weighted by Gasteiger charge is -2.04. The first-order valence-electron chi connectivity index (χ1n) is 6.66. The van der Waals surface area contributed by atoms with Crippen LogP contribution in [0.4, 0.5) is 8.78 Å². The van der Waals surface area contributed by atoms with Crippen LogP contribution >= 0.6 is 11.8 Å². The van der Waals surface area contributed by atoms with E-state index in [1.165, 1.54) is 36.0 Å². The smallest absolute Gasteiger partial charge is 0.191 e. The molecule has 0 aliphatic rings. The van der Waals surface area contributed by atoms with E-state index in [2.05, 4.69) is 10.2 Å². The highest BCUT2D eigenvalue weighted by atomic mass is 32.2. The maximum atomic E-state index is 13.2. The zero-order chi connectivity index (χ0) is 15.5. The minimum Gasteiger partial charge on any atom is -0.305 e. The highest BCUT2D eigenvalue weighted by Crippen LogP contribution is 2.25. The minimum absolute atomic E-state index is 0.247. The van der Waals surface area contributed by atoms with Crippen LogP contribution in [0, 0.1) is 11.6 Å². The predicted molar refractivity (Wildman–Crippen MR) is 82.4 cm³/mol. The van der Waals surface area contributed by atoms with Gasteiger partial charge in [0, 0.05) is 18.4 Å². The Bertz CT molecular complexity index is 784. The molecule has 112 valence electrons. The van der Waals surface area contributed by atoms with E-state index in [-0.39, 0.29) is 11.6 Å². The molecule has 0 N–H and O–H groups in total. The van der Waals surface area contributed by atoms with Gasteiger partial charge in [-0.3, -0.25) is 0 Å². The molecule has 0 unspecified atom stereocenters. The summed E-state index contributed by atoms with van der Waals surface area (Å²) < 4.78 is 28.0. The largest absolute Gasteiger partial charge is 0.305 e. The molecule has 0 aliphatic heterocycles. The molecule has 0 bridgehead atoms. The Hall–Kier alpha value is -2.21. The van der Waals surface area contributed by atoms with Crippen molar-refractivity contribution in [2.24, 2.45) is 7.05 Å². The van der Waals surface area contributed by atoms with Crippen molar-refractivity contribution in [3.8, 4) is 11.4 Å². The number of nitrogens with zero attached hydrogens (tertiary/aromatic N) is 3. The molecule has 0 radical (unpaired) electrons. The van der Waals surface area contributed by atoms with E-state index < -0.39 is 0 Å². The lowest BCUT2D eigenvalue weighted by molar-refractivity contribution is 0.626. The van der Waals surface area contributed by atoms with Crippen LogP contribution in [0.25, 0.3) is 11.4 Å². The van der Waals surface area contributed by atoms with Crippen molar-refractivity contribution in [3.63, 3.8) is 0 Å². The summed E-state index contributed by atoms with van der Waals surface area (Å²) in [6, 6.07) is 12.6. The molecule has 0 fully saturated rings. The topological polar surface area (TPSA) is 30.7 Å². The minimum atomic E-state index is -0.286. The van der Waals surface area contributed by atoms with Crippen molar-refractivity contribution in [1.29, 1.82) is 0 Å². The molecule has 0 saturated heterocycles. The van der Waals surface area contributed by atoms with E-state index in [0.29, 0.717) is 11.6 Å². The van der Waals surface area contributed by atoms with Crippen LogP contribution in [0.15, 0.2) is 53.7 Å². The van der Waals surface area contributed by atoms with E-state index in [1.807, 2.05) is 17.7 Å². The molecule has 0 aliphatic carbocycles. The van der Waals surface area contributed by atoms with Gasteiger partial charge in [-0.25, -0.2) is 8.78 Å². The first kappa shape index (κ1) is 14.7. The summed E-state index contributed by atoms with van der Waals surface area (Å²) in [4.78, 5) is 0. The molecular formula is C16H13F2N3S. The molecule has 3 rings (SSSR count). The molecular weight excluding hydrogens is 304 g/mol. The summed E-state index contributed by atoms with van der Waals surface area (Å²) in [5, 5.41) is 9.01. The van der Waals surface area contributed by atoms with E-state index in [0.717, 1.165) is 16.3 Å². The van der Waals surface area contributed by atoms with Crippen molar-refractivity contribution in [1.82, 2.24) is 14.8 Å². The third-order valence-corrected chi connectivity index (χ3v) is 4.29. The summed E-state index contributed by atoms with van der Waals surface area (Å²) in [6.07, 6.45) is 0. The van der Waals surface area contributed by atoms with Crippen LogP contribution in [0.3, 0.4) is 0 Å². The van der Waals surface area contributed by atoms with Gasteiger partial charge in [0.2, 0.25) is 0 Å². The average Bonchev–Trinajstić information content (AvgIpc) is 2.87. The van der Waals surface area contributed by atoms with Crippen LogP contribution in [-0.4, -0.2) is 14.8 Å². The van der Waals surface area contributed by atoms with Gasteiger partial charge in [0.05, 0.1) is 0 Å². The molecule has 3 nitrogen and oxygen atoms in total. The van der Waals surface area contributed by atoms with E-state index >= 15 is 0 Å².